The molecule has 0 saturated heterocycles. The van der Waals surface area contributed by atoms with Crippen LogP contribution in [0.2, 0.25) is 10.0 Å². The lowest BCUT2D eigenvalue weighted by Gasteiger charge is -2.19. The average molecular weight is 393 g/mol. The first-order chi connectivity index (χ1) is 12.6. The molecule has 1 aromatic heterocycles. The lowest BCUT2D eigenvalue weighted by Crippen LogP contribution is -2.10. The van der Waals surface area contributed by atoms with Crippen LogP contribution in [0.4, 0.5) is 4.39 Å². The van der Waals surface area contributed by atoms with Crippen molar-refractivity contribution in [1.82, 2.24) is 9.55 Å². The number of benzene rings is 2. The van der Waals surface area contributed by atoms with Crippen molar-refractivity contribution < 1.29 is 9.13 Å². The van der Waals surface area contributed by atoms with Gasteiger partial charge in [-0.15, -0.1) is 0 Å². The van der Waals surface area contributed by atoms with Gasteiger partial charge in [0.15, 0.2) is 0 Å². The van der Waals surface area contributed by atoms with Crippen molar-refractivity contribution in [2.24, 2.45) is 0 Å². The summed E-state index contributed by atoms with van der Waals surface area (Å²) in [7, 11) is 0. The van der Waals surface area contributed by atoms with Crippen LogP contribution in [-0.4, -0.2) is 16.2 Å². The molecule has 0 aliphatic carbocycles. The van der Waals surface area contributed by atoms with Crippen LogP contribution in [0.25, 0.3) is 0 Å². The molecule has 0 aliphatic rings. The number of halogens is 3. The largest absolute Gasteiger partial charge is 0.494 e. The van der Waals surface area contributed by atoms with Crippen LogP contribution in [0, 0.1) is 5.82 Å². The summed E-state index contributed by atoms with van der Waals surface area (Å²) < 4.78 is 20.7. The number of aromatic nitrogens is 2. The Kier molecular flexibility index (Phi) is 6.53. The van der Waals surface area contributed by atoms with Gasteiger partial charge in [0, 0.05) is 34.9 Å². The Morgan fingerprint density at radius 3 is 2.62 bits per heavy atom. The molecule has 0 spiro atoms. The van der Waals surface area contributed by atoms with Crippen molar-refractivity contribution in [3.05, 3.63) is 82.6 Å². The molecule has 26 heavy (non-hydrogen) atoms. The van der Waals surface area contributed by atoms with Crippen molar-refractivity contribution in [3.8, 4) is 5.75 Å². The van der Waals surface area contributed by atoms with E-state index in [1.807, 2.05) is 22.9 Å². The Bertz CT molecular complexity index is 822. The highest BCUT2D eigenvalue weighted by Crippen LogP contribution is 2.31. The highest BCUT2D eigenvalue weighted by atomic mass is 35.5. The molecular weight excluding hydrogens is 374 g/mol. The number of imidazole rings is 1. The van der Waals surface area contributed by atoms with E-state index < -0.39 is 0 Å². The summed E-state index contributed by atoms with van der Waals surface area (Å²) >= 11 is 12.4. The Labute approximate surface area is 162 Å². The second-order valence-corrected chi connectivity index (χ2v) is 6.91. The molecule has 3 aromatic rings. The SMILES string of the molecule is Fc1ccc(OCCCC(Cn2ccnc2)c2ccc(Cl)cc2Cl)cc1. The molecule has 0 amide bonds. The lowest BCUT2D eigenvalue weighted by atomic mass is 9.94. The molecule has 0 fully saturated rings. The predicted octanol–water partition coefficient (Wildman–Crippen LogP) is 5.97. The van der Waals surface area contributed by atoms with Crippen molar-refractivity contribution in [1.29, 1.82) is 0 Å². The zero-order valence-corrected chi connectivity index (χ0v) is 15.6. The fourth-order valence-corrected chi connectivity index (χ4v) is 3.44. The maximum absolute atomic E-state index is 12.9. The Morgan fingerprint density at radius 1 is 1.12 bits per heavy atom. The Hall–Kier alpha value is -2.04. The Morgan fingerprint density at radius 2 is 1.92 bits per heavy atom. The maximum atomic E-state index is 12.9. The molecule has 0 saturated carbocycles. The molecule has 136 valence electrons. The van der Waals surface area contributed by atoms with Crippen LogP contribution in [0.1, 0.15) is 24.3 Å². The van der Waals surface area contributed by atoms with Crippen molar-refractivity contribution in [2.45, 2.75) is 25.3 Å². The van der Waals surface area contributed by atoms with Gasteiger partial charge in [-0.25, -0.2) is 9.37 Å². The monoisotopic (exact) mass is 392 g/mol. The summed E-state index contributed by atoms with van der Waals surface area (Å²) in [4.78, 5) is 4.10. The third-order valence-electron chi connectivity index (χ3n) is 4.17. The minimum Gasteiger partial charge on any atom is -0.494 e. The second kappa shape index (κ2) is 9.06. The molecule has 0 aliphatic heterocycles. The van der Waals surface area contributed by atoms with E-state index in [0.717, 1.165) is 24.9 Å². The molecule has 3 rings (SSSR count). The van der Waals surface area contributed by atoms with Crippen molar-refractivity contribution >= 4 is 23.2 Å². The van der Waals surface area contributed by atoms with E-state index in [9.17, 15) is 4.39 Å². The summed E-state index contributed by atoms with van der Waals surface area (Å²) in [6.45, 7) is 1.33. The molecule has 6 heteroatoms. The zero-order chi connectivity index (χ0) is 18.4. The summed E-state index contributed by atoms with van der Waals surface area (Å²) in [5.74, 6) is 0.614. The molecule has 0 N–H and O–H groups in total. The molecule has 0 radical (unpaired) electrons. The minimum atomic E-state index is -0.268. The summed E-state index contributed by atoms with van der Waals surface area (Å²) in [6.07, 6.45) is 7.23. The third kappa shape index (κ3) is 5.23. The van der Waals surface area contributed by atoms with Gasteiger partial charge < -0.3 is 9.30 Å². The number of rotatable bonds is 8. The fourth-order valence-electron chi connectivity index (χ4n) is 2.88. The summed E-state index contributed by atoms with van der Waals surface area (Å²) in [6, 6.07) is 11.7. The van der Waals surface area contributed by atoms with E-state index in [1.165, 1.54) is 12.1 Å². The van der Waals surface area contributed by atoms with Gasteiger partial charge in [-0.05, 0) is 54.8 Å². The fraction of sp³-hybridized carbons (Fsp3) is 0.250. The van der Waals surface area contributed by atoms with E-state index in [4.69, 9.17) is 27.9 Å². The van der Waals surface area contributed by atoms with Crippen LogP contribution in [0.3, 0.4) is 0 Å². The average Bonchev–Trinajstić information content (AvgIpc) is 3.12. The quantitative estimate of drug-likeness (QED) is 0.441. The van der Waals surface area contributed by atoms with E-state index in [2.05, 4.69) is 4.98 Å². The third-order valence-corrected chi connectivity index (χ3v) is 4.73. The van der Waals surface area contributed by atoms with E-state index >= 15 is 0 Å². The summed E-state index contributed by atoms with van der Waals surface area (Å²) in [5.41, 5.74) is 1.06. The van der Waals surface area contributed by atoms with Crippen LogP contribution in [0.15, 0.2) is 61.2 Å². The lowest BCUT2D eigenvalue weighted by molar-refractivity contribution is 0.298. The molecule has 1 heterocycles. The molecule has 0 bridgehead atoms. The van der Waals surface area contributed by atoms with Gasteiger partial charge in [-0.3, -0.25) is 0 Å². The number of ether oxygens (including phenoxy) is 1. The van der Waals surface area contributed by atoms with Crippen LogP contribution < -0.4 is 4.74 Å². The summed E-state index contributed by atoms with van der Waals surface area (Å²) in [5, 5.41) is 1.29. The number of hydrogen-bond acceptors (Lipinski definition) is 2. The smallest absolute Gasteiger partial charge is 0.123 e. The van der Waals surface area contributed by atoms with Gasteiger partial charge in [0.2, 0.25) is 0 Å². The van der Waals surface area contributed by atoms with Gasteiger partial charge in [0.25, 0.3) is 0 Å². The Balaban J connectivity index is 1.62. The number of hydrogen-bond donors (Lipinski definition) is 0. The van der Waals surface area contributed by atoms with Gasteiger partial charge in [-0.1, -0.05) is 29.3 Å². The first-order valence-corrected chi connectivity index (χ1v) is 9.16. The minimum absolute atomic E-state index is 0.214. The molecule has 1 atom stereocenters. The van der Waals surface area contributed by atoms with Crippen LogP contribution in [0.5, 0.6) is 5.75 Å². The molecule has 1 unspecified atom stereocenters. The maximum Gasteiger partial charge on any atom is 0.123 e. The zero-order valence-electron chi connectivity index (χ0n) is 14.1. The van der Waals surface area contributed by atoms with Gasteiger partial charge in [-0.2, -0.15) is 0 Å². The number of nitrogens with zero attached hydrogens (tertiary/aromatic N) is 2. The predicted molar refractivity (Wildman–Crippen MR) is 103 cm³/mol. The molecule has 3 nitrogen and oxygen atoms in total. The normalized spacial score (nSPS) is 12.1. The van der Waals surface area contributed by atoms with Gasteiger partial charge in [0.1, 0.15) is 11.6 Å². The topological polar surface area (TPSA) is 27.1 Å². The highest BCUT2D eigenvalue weighted by Gasteiger charge is 2.16. The standard InChI is InChI=1S/C20H19Cl2FN2O/c21-16-3-8-19(20(22)12-16)15(13-25-10-9-24-14-25)2-1-11-26-18-6-4-17(23)5-7-18/h3-10,12,14-15H,1-2,11,13H2. The van der Waals surface area contributed by atoms with Crippen molar-refractivity contribution in [3.63, 3.8) is 0 Å². The van der Waals surface area contributed by atoms with E-state index in [-0.39, 0.29) is 11.7 Å². The van der Waals surface area contributed by atoms with E-state index in [0.29, 0.717) is 22.4 Å². The molecule has 2 aromatic carbocycles. The highest BCUT2D eigenvalue weighted by molar-refractivity contribution is 6.35. The first-order valence-electron chi connectivity index (χ1n) is 8.41. The molecular formula is C20H19Cl2FN2O. The second-order valence-electron chi connectivity index (χ2n) is 6.07. The van der Waals surface area contributed by atoms with Crippen molar-refractivity contribution in [2.75, 3.05) is 6.61 Å². The first kappa shape index (κ1) is 18.7. The van der Waals surface area contributed by atoms with E-state index in [1.54, 1.807) is 30.7 Å². The van der Waals surface area contributed by atoms with Gasteiger partial charge >= 0.3 is 0 Å². The van der Waals surface area contributed by atoms with Crippen LogP contribution >= 0.6 is 23.2 Å². The van der Waals surface area contributed by atoms with Crippen LogP contribution in [-0.2, 0) is 6.54 Å². The van der Waals surface area contributed by atoms with Gasteiger partial charge in [0.05, 0.1) is 12.9 Å².